The van der Waals surface area contributed by atoms with Crippen molar-refractivity contribution in [1.82, 2.24) is 9.88 Å². The maximum Gasteiger partial charge on any atom is 0.238 e. The summed E-state index contributed by atoms with van der Waals surface area (Å²) in [6.45, 7) is 2.53. The van der Waals surface area contributed by atoms with Crippen molar-refractivity contribution >= 4 is 28.1 Å². The number of carbonyl (C=O) groups is 1. The van der Waals surface area contributed by atoms with Gasteiger partial charge in [-0.25, -0.2) is 4.98 Å². The van der Waals surface area contributed by atoms with Gasteiger partial charge in [-0.1, -0.05) is 12.1 Å². The van der Waals surface area contributed by atoms with Crippen LogP contribution in [-0.4, -0.2) is 35.4 Å². The van der Waals surface area contributed by atoms with Gasteiger partial charge in [0.15, 0.2) is 5.13 Å². The number of nitrogens with two attached hydrogens (primary N) is 1. The van der Waals surface area contributed by atoms with Crippen molar-refractivity contribution in [3.8, 4) is 11.3 Å². The number of aromatic nitrogens is 1. The number of benzene rings is 1. The number of nitrogens with zero attached hydrogens (tertiary/aromatic N) is 2. The fourth-order valence-corrected chi connectivity index (χ4v) is 3.06. The van der Waals surface area contributed by atoms with Gasteiger partial charge >= 0.3 is 0 Å². The fraction of sp³-hybridized carbons (Fsp3) is 0.333. The van der Waals surface area contributed by atoms with Crippen LogP contribution in [0.3, 0.4) is 0 Å². The molecule has 1 amide bonds. The molecule has 2 heterocycles. The first-order valence-electron chi connectivity index (χ1n) is 7.04. The number of hydrogen-bond donors (Lipinski definition) is 2. The topological polar surface area (TPSA) is 71.2 Å². The van der Waals surface area contributed by atoms with E-state index in [0.717, 1.165) is 30.0 Å². The van der Waals surface area contributed by atoms with Crippen molar-refractivity contribution in [2.75, 3.05) is 30.7 Å². The van der Waals surface area contributed by atoms with Gasteiger partial charge in [-0.3, -0.25) is 9.69 Å². The van der Waals surface area contributed by atoms with Gasteiger partial charge < -0.3 is 11.1 Å². The van der Waals surface area contributed by atoms with E-state index < -0.39 is 0 Å². The molecular formula is C15H18N4OS. The zero-order chi connectivity index (χ0) is 14.7. The predicted molar refractivity (Wildman–Crippen MR) is 86.3 cm³/mol. The minimum Gasteiger partial charge on any atom is -0.375 e. The number of likely N-dealkylation sites (tertiary alicyclic amines) is 1. The lowest BCUT2D eigenvalue weighted by Crippen LogP contribution is -2.30. The van der Waals surface area contributed by atoms with Crippen LogP contribution in [0.1, 0.15) is 12.8 Å². The van der Waals surface area contributed by atoms with Gasteiger partial charge in [-0.05, 0) is 38.1 Å². The summed E-state index contributed by atoms with van der Waals surface area (Å²) in [6, 6.07) is 7.68. The van der Waals surface area contributed by atoms with Crippen LogP contribution in [0.2, 0.25) is 0 Å². The van der Waals surface area contributed by atoms with Gasteiger partial charge in [0.1, 0.15) is 0 Å². The smallest absolute Gasteiger partial charge is 0.238 e. The third-order valence-corrected chi connectivity index (χ3v) is 4.23. The average molecular weight is 302 g/mol. The van der Waals surface area contributed by atoms with Crippen LogP contribution in [0.25, 0.3) is 11.3 Å². The van der Waals surface area contributed by atoms with E-state index in [-0.39, 0.29) is 5.91 Å². The highest BCUT2D eigenvalue weighted by atomic mass is 32.1. The molecule has 3 rings (SSSR count). The van der Waals surface area contributed by atoms with E-state index in [1.807, 2.05) is 29.6 Å². The number of thiazole rings is 1. The number of nitrogen functional groups attached to an aromatic ring is 1. The summed E-state index contributed by atoms with van der Waals surface area (Å²) < 4.78 is 0. The van der Waals surface area contributed by atoms with Crippen molar-refractivity contribution in [3.05, 3.63) is 29.6 Å². The monoisotopic (exact) mass is 302 g/mol. The molecule has 0 bridgehead atoms. The molecule has 110 valence electrons. The summed E-state index contributed by atoms with van der Waals surface area (Å²) in [5, 5.41) is 5.42. The minimum atomic E-state index is 0.0440. The zero-order valence-electron chi connectivity index (χ0n) is 11.7. The minimum absolute atomic E-state index is 0.0440. The fourth-order valence-electron chi connectivity index (χ4n) is 2.49. The van der Waals surface area contributed by atoms with Crippen LogP contribution in [-0.2, 0) is 4.79 Å². The molecule has 0 aliphatic carbocycles. The highest BCUT2D eigenvalue weighted by Crippen LogP contribution is 2.24. The molecule has 1 aromatic carbocycles. The van der Waals surface area contributed by atoms with E-state index in [4.69, 9.17) is 5.73 Å². The molecule has 0 spiro atoms. The van der Waals surface area contributed by atoms with Crippen LogP contribution in [0.15, 0.2) is 29.6 Å². The SMILES string of the molecule is Nc1nc(-c2ccc(NC(=O)CN3CCCC3)cc2)cs1. The number of carbonyl (C=O) groups excluding carboxylic acids is 1. The first kappa shape index (κ1) is 14.0. The molecule has 2 aromatic rings. The van der Waals surface area contributed by atoms with Crippen molar-refractivity contribution in [1.29, 1.82) is 0 Å². The lowest BCUT2D eigenvalue weighted by Gasteiger charge is -2.14. The van der Waals surface area contributed by atoms with E-state index in [9.17, 15) is 4.79 Å². The van der Waals surface area contributed by atoms with Crippen molar-refractivity contribution in [2.24, 2.45) is 0 Å². The highest BCUT2D eigenvalue weighted by Gasteiger charge is 2.15. The Morgan fingerprint density at radius 1 is 1.29 bits per heavy atom. The molecule has 0 unspecified atom stereocenters. The maximum atomic E-state index is 11.9. The highest BCUT2D eigenvalue weighted by molar-refractivity contribution is 7.13. The standard InChI is InChI=1S/C15H18N4OS/c16-15-18-13(10-21-15)11-3-5-12(6-4-11)17-14(20)9-19-7-1-2-8-19/h3-6,10H,1-2,7-9H2,(H2,16,18)(H,17,20). The Kier molecular flexibility index (Phi) is 4.17. The van der Waals surface area contributed by atoms with Gasteiger partial charge in [0.25, 0.3) is 0 Å². The lowest BCUT2D eigenvalue weighted by atomic mass is 10.1. The summed E-state index contributed by atoms with van der Waals surface area (Å²) in [7, 11) is 0. The molecule has 1 saturated heterocycles. The third kappa shape index (κ3) is 3.59. The van der Waals surface area contributed by atoms with Gasteiger partial charge in [0.2, 0.25) is 5.91 Å². The number of rotatable bonds is 4. The van der Waals surface area contributed by atoms with E-state index in [0.29, 0.717) is 11.7 Å². The Labute approximate surface area is 127 Å². The first-order valence-corrected chi connectivity index (χ1v) is 7.92. The Morgan fingerprint density at radius 3 is 2.62 bits per heavy atom. The van der Waals surface area contributed by atoms with Crippen LogP contribution in [0.4, 0.5) is 10.8 Å². The molecule has 1 aliphatic heterocycles. The van der Waals surface area contributed by atoms with Crippen molar-refractivity contribution in [3.63, 3.8) is 0 Å². The van der Waals surface area contributed by atoms with Crippen molar-refractivity contribution in [2.45, 2.75) is 12.8 Å². The Bertz CT molecular complexity index is 617. The van der Waals surface area contributed by atoms with Gasteiger partial charge in [-0.2, -0.15) is 0 Å². The summed E-state index contributed by atoms with van der Waals surface area (Å²) in [4.78, 5) is 18.4. The van der Waals surface area contributed by atoms with Crippen LogP contribution >= 0.6 is 11.3 Å². The summed E-state index contributed by atoms with van der Waals surface area (Å²) >= 11 is 1.42. The molecule has 21 heavy (non-hydrogen) atoms. The van der Waals surface area contributed by atoms with E-state index in [1.165, 1.54) is 24.2 Å². The number of amides is 1. The molecular weight excluding hydrogens is 284 g/mol. The second-order valence-corrected chi connectivity index (χ2v) is 6.07. The van der Waals surface area contributed by atoms with E-state index in [2.05, 4.69) is 15.2 Å². The predicted octanol–water partition coefficient (Wildman–Crippen LogP) is 2.43. The Morgan fingerprint density at radius 2 is 2.00 bits per heavy atom. The molecule has 0 saturated carbocycles. The normalized spacial score (nSPS) is 15.2. The summed E-state index contributed by atoms with van der Waals surface area (Å²) in [5.74, 6) is 0.0440. The Hall–Kier alpha value is -1.92. The molecule has 1 aromatic heterocycles. The molecule has 1 aliphatic rings. The third-order valence-electron chi connectivity index (χ3n) is 3.55. The van der Waals surface area contributed by atoms with Gasteiger partial charge in [0.05, 0.1) is 12.2 Å². The molecule has 1 fully saturated rings. The Balaban J connectivity index is 1.60. The number of hydrogen-bond acceptors (Lipinski definition) is 5. The summed E-state index contributed by atoms with van der Waals surface area (Å²) in [5.41, 5.74) is 8.31. The first-order chi connectivity index (χ1) is 10.2. The van der Waals surface area contributed by atoms with Crippen molar-refractivity contribution < 1.29 is 4.79 Å². The maximum absolute atomic E-state index is 11.9. The zero-order valence-corrected chi connectivity index (χ0v) is 12.5. The number of nitrogens with one attached hydrogen (secondary N) is 1. The molecule has 3 N–H and O–H groups in total. The molecule has 6 heteroatoms. The largest absolute Gasteiger partial charge is 0.375 e. The average Bonchev–Trinajstić information content (AvgIpc) is 3.11. The molecule has 5 nitrogen and oxygen atoms in total. The molecule has 0 atom stereocenters. The second-order valence-electron chi connectivity index (χ2n) is 5.18. The van der Waals surface area contributed by atoms with E-state index >= 15 is 0 Å². The van der Waals surface area contributed by atoms with Gasteiger partial charge in [-0.15, -0.1) is 11.3 Å². The number of anilines is 2. The molecule has 0 radical (unpaired) electrons. The summed E-state index contributed by atoms with van der Waals surface area (Å²) in [6.07, 6.45) is 2.39. The quantitative estimate of drug-likeness (QED) is 0.910. The van der Waals surface area contributed by atoms with Crippen LogP contribution < -0.4 is 11.1 Å². The van der Waals surface area contributed by atoms with Crippen LogP contribution in [0.5, 0.6) is 0 Å². The van der Waals surface area contributed by atoms with E-state index in [1.54, 1.807) is 0 Å². The van der Waals surface area contributed by atoms with Crippen LogP contribution in [0, 0.1) is 0 Å². The lowest BCUT2D eigenvalue weighted by molar-refractivity contribution is -0.117. The van der Waals surface area contributed by atoms with Gasteiger partial charge in [0, 0.05) is 16.6 Å². The second kappa shape index (κ2) is 6.24.